The van der Waals surface area contributed by atoms with E-state index in [4.69, 9.17) is 4.74 Å². The lowest BCUT2D eigenvalue weighted by Crippen LogP contribution is -2.40. The molecule has 0 saturated carbocycles. The first kappa shape index (κ1) is 17.5. The molecule has 2 heterocycles. The van der Waals surface area contributed by atoms with Gasteiger partial charge in [0.25, 0.3) is 5.91 Å². The van der Waals surface area contributed by atoms with Crippen LogP contribution in [-0.2, 0) is 0 Å². The normalized spacial score (nSPS) is 17.9. The second kappa shape index (κ2) is 7.61. The minimum absolute atomic E-state index is 0. The summed E-state index contributed by atoms with van der Waals surface area (Å²) in [5.74, 6) is 0.377. The van der Waals surface area contributed by atoms with E-state index in [9.17, 15) is 4.79 Å². The highest BCUT2D eigenvalue weighted by atomic mass is 35.5. The molecule has 0 radical (unpaired) electrons. The number of nitrogens with zero attached hydrogens (tertiary/aromatic N) is 3. The van der Waals surface area contributed by atoms with Gasteiger partial charge >= 0.3 is 0 Å². The van der Waals surface area contributed by atoms with Crippen LogP contribution in [0.2, 0.25) is 0 Å². The van der Waals surface area contributed by atoms with Gasteiger partial charge in [-0.05, 0) is 32.0 Å². The number of hydrogen-bond acceptors (Lipinski definition) is 5. The summed E-state index contributed by atoms with van der Waals surface area (Å²) in [7, 11) is 1.55. The molecular weight excluding hydrogens is 318 g/mol. The van der Waals surface area contributed by atoms with Gasteiger partial charge in [0.05, 0.1) is 12.7 Å². The standard InChI is InChI=1S/C15H21N5O2.ClH/c1-3-20-6-4-5-10(20)9-16-15(21)11-7-12-13(18-19-17-12)8-14(11)22-2;/h7-8,10H,3-6,9H2,1-2H3,(H,16,21)(H,17,18,19);1H. The molecule has 1 fully saturated rings. The van der Waals surface area contributed by atoms with Crippen molar-refractivity contribution in [2.24, 2.45) is 0 Å². The van der Waals surface area contributed by atoms with Crippen molar-refractivity contribution in [2.45, 2.75) is 25.8 Å². The van der Waals surface area contributed by atoms with Gasteiger partial charge in [-0.25, -0.2) is 0 Å². The predicted molar refractivity (Wildman–Crippen MR) is 90.3 cm³/mol. The minimum atomic E-state index is -0.135. The van der Waals surface area contributed by atoms with Crippen molar-refractivity contribution in [1.29, 1.82) is 0 Å². The molecule has 23 heavy (non-hydrogen) atoms. The molecule has 8 heteroatoms. The van der Waals surface area contributed by atoms with E-state index in [-0.39, 0.29) is 18.3 Å². The number of fused-ring (bicyclic) bond motifs is 1. The molecule has 2 N–H and O–H groups in total. The Labute approximate surface area is 141 Å². The van der Waals surface area contributed by atoms with Gasteiger partial charge in [0.15, 0.2) is 0 Å². The highest BCUT2D eigenvalue weighted by molar-refractivity contribution is 6.00. The number of likely N-dealkylation sites (N-methyl/N-ethyl adjacent to an activating group) is 1. The van der Waals surface area contributed by atoms with Crippen LogP contribution in [-0.4, -0.2) is 59.0 Å². The zero-order valence-electron chi connectivity index (χ0n) is 13.3. The van der Waals surface area contributed by atoms with Crippen molar-refractivity contribution >= 4 is 29.3 Å². The third-order valence-electron chi connectivity index (χ3n) is 4.29. The molecule has 126 valence electrons. The van der Waals surface area contributed by atoms with E-state index in [0.29, 0.717) is 34.9 Å². The van der Waals surface area contributed by atoms with Gasteiger partial charge in [0.2, 0.25) is 0 Å². The summed E-state index contributed by atoms with van der Waals surface area (Å²) >= 11 is 0. The van der Waals surface area contributed by atoms with E-state index in [1.807, 2.05) is 0 Å². The summed E-state index contributed by atoms with van der Waals surface area (Å²) in [6.07, 6.45) is 2.33. The molecule has 0 bridgehead atoms. The van der Waals surface area contributed by atoms with Crippen LogP contribution in [0.3, 0.4) is 0 Å². The lowest BCUT2D eigenvalue weighted by atomic mass is 10.1. The van der Waals surface area contributed by atoms with Crippen LogP contribution in [0.1, 0.15) is 30.1 Å². The first-order valence-corrected chi connectivity index (χ1v) is 7.63. The van der Waals surface area contributed by atoms with Crippen molar-refractivity contribution in [1.82, 2.24) is 25.6 Å². The Morgan fingerprint density at radius 1 is 1.43 bits per heavy atom. The zero-order chi connectivity index (χ0) is 15.5. The number of rotatable bonds is 5. The minimum Gasteiger partial charge on any atom is -0.496 e. The summed E-state index contributed by atoms with van der Waals surface area (Å²) in [6.45, 7) is 4.95. The number of carbonyl (C=O) groups is 1. The fourth-order valence-corrected chi connectivity index (χ4v) is 3.06. The number of hydrogen-bond donors (Lipinski definition) is 2. The first-order valence-electron chi connectivity index (χ1n) is 7.63. The fraction of sp³-hybridized carbons (Fsp3) is 0.533. The third-order valence-corrected chi connectivity index (χ3v) is 4.29. The number of carbonyl (C=O) groups excluding carboxylic acids is 1. The van der Waals surface area contributed by atoms with Crippen LogP contribution < -0.4 is 10.1 Å². The highest BCUT2D eigenvalue weighted by Crippen LogP contribution is 2.23. The molecule has 1 aromatic heterocycles. The molecule has 1 aromatic carbocycles. The van der Waals surface area contributed by atoms with Crippen molar-refractivity contribution in [3.05, 3.63) is 17.7 Å². The third kappa shape index (κ3) is 3.56. The zero-order valence-corrected chi connectivity index (χ0v) is 14.2. The number of benzene rings is 1. The fourth-order valence-electron chi connectivity index (χ4n) is 3.06. The molecule has 1 saturated heterocycles. The largest absolute Gasteiger partial charge is 0.496 e. The van der Waals surface area contributed by atoms with Crippen LogP contribution >= 0.6 is 12.4 Å². The number of amides is 1. The molecular formula is C15H22ClN5O2. The van der Waals surface area contributed by atoms with Crippen LogP contribution in [0.4, 0.5) is 0 Å². The van der Waals surface area contributed by atoms with Gasteiger partial charge in [-0.1, -0.05) is 6.92 Å². The van der Waals surface area contributed by atoms with Crippen LogP contribution in [0, 0.1) is 0 Å². The molecule has 2 aromatic rings. The Kier molecular flexibility index (Phi) is 5.79. The second-order valence-electron chi connectivity index (χ2n) is 5.50. The number of aromatic amines is 1. The van der Waals surface area contributed by atoms with Crippen molar-refractivity contribution < 1.29 is 9.53 Å². The van der Waals surface area contributed by atoms with E-state index >= 15 is 0 Å². The first-order chi connectivity index (χ1) is 10.7. The highest BCUT2D eigenvalue weighted by Gasteiger charge is 2.24. The van der Waals surface area contributed by atoms with Gasteiger partial charge in [-0.15, -0.1) is 12.4 Å². The molecule has 1 amide bonds. The maximum absolute atomic E-state index is 12.5. The summed E-state index contributed by atoms with van der Waals surface area (Å²) in [6, 6.07) is 3.86. The number of methoxy groups -OCH3 is 1. The Bertz CT molecular complexity index is 675. The van der Waals surface area contributed by atoms with Crippen LogP contribution in [0.5, 0.6) is 5.75 Å². The topological polar surface area (TPSA) is 83.1 Å². The molecule has 0 aliphatic carbocycles. The molecule has 1 aliphatic rings. The van der Waals surface area contributed by atoms with Crippen molar-refractivity contribution in [3.63, 3.8) is 0 Å². The SMILES string of the molecule is CCN1CCCC1CNC(=O)c1cc2n[nH]nc2cc1OC.Cl. The van der Waals surface area contributed by atoms with E-state index < -0.39 is 0 Å². The van der Waals surface area contributed by atoms with Gasteiger partial charge in [0, 0.05) is 18.7 Å². The lowest BCUT2D eigenvalue weighted by Gasteiger charge is -2.23. The number of halogens is 1. The Morgan fingerprint density at radius 2 is 2.17 bits per heavy atom. The maximum atomic E-state index is 12.5. The summed E-state index contributed by atoms with van der Waals surface area (Å²) in [5, 5.41) is 13.6. The van der Waals surface area contributed by atoms with Crippen molar-refractivity contribution in [3.8, 4) is 5.75 Å². The van der Waals surface area contributed by atoms with Gasteiger partial charge in [0.1, 0.15) is 16.8 Å². The number of nitrogens with one attached hydrogen (secondary N) is 2. The Hall–Kier alpha value is -1.86. The molecule has 3 rings (SSSR count). The smallest absolute Gasteiger partial charge is 0.255 e. The molecule has 1 unspecified atom stereocenters. The van der Waals surface area contributed by atoms with Gasteiger partial charge in [-0.3, -0.25) is 9.69 Å². The maximum Gasteiger partial charge on any atom is 0.255 e. The monoisotopic (exact) mass is 339 g/mol. The Morgan fingerprint density at radius 3 is 2.87 bits per heavy atom. The second-order valence-corrected chi connectivity index (χ2v) is 5.50. The summed E-state index contributed by atoms with van der Waals surface area (Å²) in [5.41, 5.74) is 1.83. The predicted octanol–water partition coefficient (Wildman–Crippen LogP) is 1.60. The lowest BCUT2D eigenvalue weighted by molar-refractivity contribution is 0.0938. The molecule has 7 nitrogen and oxygen atoms in total. The number of likely N-dealkylation sites (tertiary alicyclic amines) is 1. The van der Waals surface area contributed by atoms with Crippen molar-refractivity contribution in [2.75, 3.05) is 26.7 Å². The molecule has 1 atom stereocenters. The Balaban J connectivity index is 0.00000192. The van der Waals surface area contributed by atoms with E-state index in [1.54, 1.807) is 19.2 Å². The van der Waals surface area contributed by atoms with Gasteiger partial charge < -0.3 is 10.1 Å². The van der Waals surface area contributed by atoms with E-state index in [2.05, 4.69) is 32.6 Å². The number of aromatic nitrogens is 3. The molecule has 1 aliphatic heterocycles. The average molecular weight is 340 g/mol. The quantitative estimate of drug-likeness (QED) is 0.864. The van der Waals surface area contributed by atoms with Gasteiger partial charge in [-0.2, -0.15) is 15.4 Å². The molecule has 0 spiro atoms. The number of H-pyrrole nitrogens is 1. The summed E-state index contributed by atoms with van der Waals surface area (Å²) in [4.78, 5) is 14.9. The number of ether oxygens (including phenoxy) is 1. The van der Waals surface area contributed by atoms with Crippen LogP contribution in [0.15, 0.2) is 12.1 Å². The van der Waals surface area contributed by atoms with E-state index in [1.165, 1.54) is 6.42 Å². The van der Waals surface area contributed by atoms with Crippen LogP contribution in [0.25, 0.3) is 11.0 Å². The average Bonchev–Trinajstić information content (AvgIpc) is 3.18. The van der Waals surface area contributed by atoms with E-state index in [0.717, 1.165) is 19.5 Å². The summed E-state index contributed by atoms with van der Waals surface area (Å²) < 4.78 is 5.31.